The maximum atomic E-state index is 14.0. The minimum absolute atomic E-state index is 0.0733. The highest BCUT2D eigenvalue weighted by Gasteiger charge is 2.56. The minimum Gasteiger partial charge on any atom is -0.387 e. The third-order valence-corrected chi connectivity index (χ3v) is 9.26. The summed E-state index contributed by atoms with van der Waals surface area (Å²) in [5.41, 5.74) is -0.433. The first-order chi connectivity index (χ1) is 19.8. The van der Waals surface area contributed by atoms with E-state index in [2.05, 4.69) is 10.3 Å². The van der Waals surface area contributed by atoms with Gasteiger partial charge in [0.05, 0.1) is 30.2 Å². The van der Waals surface area contributed by atoms with E-state index < -0.39 is 16.8 Å². The second-order valence-electron chi connectivity index (χ2n) is 11.7. The number of aliphatic hydroxyl groups is 1. The van der Waals surface area contributed by atoms with Crippen LogP contribution in [0.4, 0.5) is 13.6 Å². The number of nitrogens with one attached hydrogen (secondary N) is 1. The second-order valence-corrected chi connectivity index (χ2v) is 11.7. The van der Waals surface area contributed by atoms with Crippen molar-refractivity contribution in [3.63, 3.8) is 0 Å². The molecular formula is C31H35F2N5O3. The average Bonchev–Trinajstić information content (AvgIpc) is 3.45. The topological polar surface area (TPSA) is 90.7 Å². The number of rotatable bonds is 4. The molecule has 2 aliphatic heterocycles. The van der Waals surface area contributed by atoms with Crippen LogP contribution in [0.25, 0.3) is 11.3 Å². The molecule has 3 aliphatic rings. The number of carbonyl (C=O) groups excluding carboxylic acids is 1. The van der Waals surface area contributed by atoms with Gasteiger partial charge in [-0.25, -0.2) is 18.6 Å². The molecular weight excluding hydrogens is 528 g/mol. The molecule has 3 aromatic rings. The van der Waals surface area contributed by atoms with Crippen LogP contribution in [0.2, 0.25) is 0 Å². The summed E-state index contributed by atoms with van der Waals surface area (Å²) in [5.74, 6) is -0.738. The highest BCUT2D eigenvalue weighted by Crippen LogP contribution is 2.51. The number of amides is 2. The fourth-order valence-corrected chi connectivity index (χ4v) is 7.02. The molecule has 1 aliphatic carbocycles. The number of benzene rings is 2. The zero-order valence-corrected chi connectivity index (χ0v) is 22.9. The number of hydrogen-bond donors (Lipinski definition) is 2. The van der Waals surface area contributed by atoms with Crippen LogP contribution >= 0.6 is 0 Å². The van der Waals surface area contributed by atoms with E-state index in [9.17, 15) is 23.5 Å². The number of nitrogens with zero attached hydrogens (tertiary/aromatic N) is 4. The van der Waals surface area contributed by atoms with Crippen molar-refractivity contribution < 1.29 is 18.7 Å². The summed E-state index contributed by atoms with van der Waals surface area (Å²) < 4.78 is 29.1. The number of hydrogen-bond acceptors (Lipinski definition) is 5. The number of aromatic nitrogens is 2. The van der Waals surface area contributed by atoms with Gasteiger partial charge in [-0.15, -0.1) is 0 Å². The Hall–Kier alpha value is -3.63. The number of likely N-dealkylation sites (tertiary alicyclic amines) is 1. The number of carbonyl (C=O) groups is 1. The summed E-state index contributed by atoms with van der Waals surface area (Å²) in [6.07, 6.45) is 5.14. The Balaban J connectivity index is 1.23. The van der Waals surface area contributed by atoms with Gasteiger partial charge in [0.2, 0.25) is 0 Å². The monoisotopic (exact) mass is 563 g/mol. The SMILES string of the molecule is O=C(N1CC[C@@](O)(Cn2cnc(-c3cccc(F)c3)cc2=O)C2(CCCC2)C1)N1CCNC[C@H]1c1cccc(F)c1. The lowest BCUT2D eigenvalue weighted by Crippen LogP contribution is -2.64. The predicted molar refractivity (Wildman–Crippen MR) is 150 cm³/mol. The Morgan fingerprint density at radius 2 is 1.78 bits per heavy atom. The first-order valence-electron chi connectivity index (χ1n) is 14.3. The molecule has 1 aromatic heterocycles. The summed E-state index contributed by atoms with van der Waals surface area (Å²) in [6, 6.07) is 13.3. The molecule has 2 aromatic carbocycles. The Morgan fingerprint density at radius 1 is 1.02 bits per heavy atom. The smallest absolute Gasteiger partial charge is 0.320 e. The quantitative estimate of drug-likeness (QED) is 0.502. The van der Waals surface area contributed by atoms with Crippen LogP contribution in [0.15, 0.2) is 65.7 Å². The van der Waals surface area contributed by atoms with Crippen molar-refractivity contribution in [1.29, 1.82) is 0 Å². The van der Waals surface area contributed by atoms with Crippen molar-refractivity contribution in [3.8, 4) is 11.3 Å². The molecule has 10 heteroatoms. The van der Waals surface area contributed by atoms with E-state index in [0.29, 0.717) is 50.4 Å². The van der Waals surface area contributed by atoms with Gasteiger partial charge in [0.15, 0.2) is 0 Å². The zero-order chi connectivity index (χ0) is 28.6. The van der Waals surface area contributed by atoms with Gasteiger partial charge in [0.25, 0.3) is 5.56 Å². The predicted octanol–water partition coefficient (Wildman–Crippen LogP) is 3.95. The van der Waals surface area contributed by atoms with Crippen LogP contribution < -0.4 is 10.9 Å². The van der Waals surface area contributed by atoms with Gasteiger partial charge in [-0.2, -0.15) is 0 Å². The normalized spacial score (nSPS) is 24.1. The minimum atomic E-state index is -1.20. The molecule has 2 saturated heterocycles. The Morgan fingerprint density at radius 3 is 2.51 bits per heavy atom. The lowest BCUT2D eigenvalue weighted by atomic mass is 9.66. The number of urea groups is 1. The van der Waals surface area contributed by atoms with Gasteiger partial charge >= 0.3 is 6.03 Å². The molecule has 1 saturated carbocycles. The third-order valence-electron chi connectivity index (χ3n) is 9.26. The maximum absolute atomic E-state index is 14.0. The van der Waals surface area contributed by atoms with E-state index in [0.717, 1.165) is 31.2 Å². The summed E-state index contributed by atoms with van der Waals surface area (Å²) in [7, 11) is 0. The average molecular weight is 564 g/mol. The van der Waals surface area contributed by atoms with Crippen LogP contribution in [0.5, 0.6) is 0 Å². The van der Waals surface area contributed by atoms with Gasteiger partial charge in [0, 0.05) is 49.8 Å². The van der Waals surface area contributed by atoms with Crippen molar-refractivity contribution >= 4 is 6.03 Å². The molecule has 3 fully saturated rings. The van der Waals surface area contributed by atoms with Crippen LogP contribution in [-0.2, 0) is 6.54 Å². The first-order valence-corrected chi connectivity index (χ1v) is 14.3. The second kappa shape index (κ2) is 11.0. The number of halogens is 2. The summed E-state index contributed by atoms with van der Waals surface area (Å²) >= 11 is 0. The molecule has 41 heavy (non-hydrogen) atoms. The van der Waals surface area contributed by atoms with Gasteiger partial charge in [-0.05, 0) is 49.1 Å². The highest BCUT2D eigenvalue weighted by atomic mass is 19.1. The molecule has 3 heterocycles. The van der Waals surface area contributed by atoms with Crippen molar-refractivity contribution in [2.75, 3.05) is 32.7 Å². The molecule has 0 radical (unpaired) electrons. The highest BCUT2D eigenvalue weighted by molar-refractivity contribution is 5.75. The summed E-state index contributed by atoms with van der Waals surface area (Å²) in [6.45, 7) is 2.52. The van der Waals surface area contributed by atoms with E-state index in [1.165, 1.54) is 41.2 Å². The van der Waals surface area contributed by atoms with E-state index in [1.807, 2.05) is 15.9 Å². The molecule has 0 bridgehead atoms. The van der Waals surface area contributed by atoms with Crippen molar-refractivity contribution in [2.45, 2.75) is 50.3 Å². The number of piperidine rings is 1. The van der Waals surface area contributed by atoms with Crippen molar-refractivity contribution in [1.82, 2.24) is 24.7 Å². The Kier molecular flexibility index (Phi) is 7.37. The van der Waals surface area contributed by atoms with Gasteiger partial charge in [0.1, 0.15) is 11.6 Å². The van der Waals surface area contributed by atoms with E-state index in [-0.39, 0.29) is 30.0 Å². The van der Waals surface area contributed by atoms with Crippen molar-refractivity contribution in [3.05, 3.63) is 88.5 Å². The fourth-order valence-electron chi connectivity index (χ4n) is 7.02. The molecule has 2 amide bonds. The maximum Gasteiger partial charge on any atom is 0.320 e. The molecule has 6 rings (SSSR count). The molecule has 2 atom stereocenters. The lowest BCUT2D eigenvalue weighted by Gasteiger charge is -2.53. The van der Waals surface area contributed by atoms with E-state index in [1.54, 1.807) is 18.2 Å². The molecule has 216 valence electrons. The van der Waals surface area contributed by atoms with Crippen LogP contribution in [0.1, 0.15) is 43.7 Å². The summed E-state index contributed by atoms with van der Waals surface area (Å²) in [5, 5.41) is 15.5. The lowest BCUT2D eigenvalue weighted by molar-refractivity contribution is -0.137. The Bertz CT molecular complexity index is 1490. The van der Waals surface area contributed by atoms with Gasteiger partial charge in [-0.3, -0.25) is 9.36 Å². The van der Waals surface area contributed by atoms with E-state index in [4.69, 9.17) is 0 Å². The molecule has 8 nitrogen and oxygen atoms in total. The summed E-state index contributed by atoms with van der Waals surface area (Å²) in [4.78, 5) is 35.1. The third kappa shape index (κ3) is 5.26. The van der Waals surface area contributed by atoms with E-state index >= 15 is 0 Å². The number of piperazine rings is 1. The molecule has 1 spiro atoms. The van der Waals surface area contributed by atoms with Gasteiger partial charge < -0.3 is 20.2 Å². The van der Waals surface area contributed by atoms with Crippen LogP contribution in [0, 0.1) is 17.0 Å². The Labute approximate surface area is 237 Å². The molecule has 2 N–H and O–H groups in total. The van der Waals surface area contributed by atoms with Crippen LogP contribution in [0.3, 0.4) is 0 Å². The van der Waals surface area contributed by atoms with Crippen molar-refractivity contribution in [2.24, 2.45) is 5.41 Å². The zero-order valence-electron chi connectivity index (χ0n) is 22.9. The fraction of sp³-hybridized carbons (Fsp3) is 0.452. The van der Waals surface area contributed by atoms with Crippen LogP contribution in [-0.4, -0.2) is 68.8 Å². The molecule has 0 unspecified atom stereocenters. The largest absolute Gasteiger partial charge is 0.387 e. The standard InChI is InChI=1S/C31H35F2N5O3/c32-24-7-3-5-22(15-24)26-17-28(39)37(21-35-26)20-31(41)11-13-36(19-30(31)9-1-2-10-30)29(40)38-14-12-34-18-27(38)23-6-4-8-25(33)16-23/h3-8,15-17,21,27,34,41H,1-2,9-14,18-20H2/t27-,31+/m0/s1. The first kappa shape index (κ1) is 27.5. The van der Waals surface area contributed by atoms with Gasteiger partial charge in [-0.1, -0.05) is 37.1 Å².